The fraction of sp³-hybridized carbons (Fsp3) is 0.296. The molecule has 13 heteroatoms. The van der Waals surface area contributed by atoms with Gasteiger partial charge in [-0.25, -0.2) is 19.9 Å². The molecule has 10 nitrogen and oxygen atoms in total. The predicted octanol–water partition coefficient (Wildman–Crippen LogP) is 5.60. The van der Waals surface area contributed by atoms with E-state index in [4.69, 9.17) is 4.42 Å². The first kappa shape index (κ1) is 28.5. The number of hydrazine groups is 1. The SMILES string of the molecule is CC(C)(C)CC(C=O)N(NCc1cccc(-n2nc(C(F)(F)F)cc2-c2nnc(-c3ccccc3)o2)c1)C(=O)O. The van der Waals surface area contributed by atoms with Crippen molar-refractivity contribution in [2.75, 3.05) is 0 Å². The molecule has 210 valence electrons. The van der Waals surface area contributed by atoms with Crippen molar-refractivity contribution in [3.8, 4) is 28.7 Å². The topological polar surface area (TPSA) is 126 Å². The van der Waals surface area contributed by atoms with Crippen LogP contribution in [-0.4, -0.2) is 48.5 Å². The zero-order valence-corrected chi connectivity index (χ0v) is 21.9. The van der Waals surface area contributed by atoms with Gasteiger partial charge in [-0.05, 0) is 41.7 Å². The van der Waals surface area contributed by atoms with E-state index in [1.807, 2.05) is 20.8 Å². The number of nitrogens with one attached hydrogen (secondary N) is 1. The zero-order chi connectivity index (χ0) is 29.1. The van der Waals surface area contributed by atoms with Crippen LogP contribution in [-0.2, 0) is 17.5 Å². The minimum absolute atomic E-state index is 0.0317. The number of alkyl halides is 3. The quantitative estimate of drug-likeness (QED) is 0.202. The van der Waals surface area contributed by atoms with Crippen LogP contribution in [0.2, 0.25) is 0 Å². The summed E-state index contributed by atoms with van der Waals surface area (Å²) in [5.74, 6) is -0.0398. The van der Waals surface area contributed by atoms with Gasteiger partial charge in [-0.15, -0.1) is 10.2 Å². The Kier molecular flexibility index (Phi) is 8.05. The first-order chi connectivity index (χ1) is 18.9. The first-order valence-corrected chi connectivity index (χ1v) is 12.2. The third kappa shape index (κ3) is 6.72. The number of amides is 1. The van der Waals surface area contributed by atoms with Crippen LogP contribution in [0, 0.1) is 5.41 Å². The molecule has 0 fully saturated rings. The highest BCUT2D eigenvalue weighted by Crippen LogP contribution is 2.34. The van der Waals surface area contributed by atoms with E-state index in [2.05, 4.69) is 20.7 Å². The molecular formula is C27H27F3N6O4. The lowest BCUT2D eigenvalue weighted by molar-refractivity contribution is -0.141. The Bertz CT molecular complexity index is 1480. The van der Waals surface area contributed by atoms with Gasteiger partial charge in [0.1, 0.15) is 18.0 Å². The van der Waals surface area contributed by atoms with Crippen molar-refractivity contribution in [1.29, 1.82) is 0 Å². The summed E-state index contributed by atoms with van der Waals surface area (Å²) in [5.41, 5.74) is 2.55. The minimum Gasteiger partial charge on any atom is -0.464 e. The van der Waals surface area contributed by atoms with Crippen molar-refractivity contribution in [2.45, 2.75) is 46.0 Å². The smallest absolute Gasteiger partial charge is 0.435 e. The number of hydrogen-bond acceptors (Lipinski definition) is 7. The van der Waals surface area contributed by atoms with Crippen LogP contribution in [0.4, 0.5) is 18.0 Å². The van der Waals surface area contributed by atoms with E-state index >= 15 is 0 Å². The molecule has 0 bridgehead atoms. The number of nitrogens with zero attached hydrogens (tertiary/aromatic N) is 5. The summed E-state index contributed by atoms with van der Waals surface area (Å²) in [6.07, 6.45) is -5.24. The van der Waals surface area contributed by atoms with Crippen LogP contribution in [0.5, 0.6) is 0 Å². The van der Waals surface area contributed by atoms with Crippen molar-refractivity contribution in [3.05, 3.63) is 71.9 Å². The summed E-state index contributed by atoms with van der Waals surface area (Å²) in [7, 11) is 0. The van der Waals surface area contributed by atoms with Crippen molar-refractivity contribution in [1.82, 2.24) is 30.4 Å². The molecule has 1 unspecified atom stereocenters. The van der Waals surface area contributed by atoms with E-state index < -0.39 is 24.0 Å². The maximum Gasteiger partial charge on any atom is 0.435 e. The van der Waals surface area contributed by atoms with E-state index in [0.717, 1.165) is 15.8 Å². The van der Waals surface area contributed by atoms with Crippen molar-refractivity contribution in [3.63, 3.8) is 0 Å². The lowest BCUT2D eigenvalue weighted by Gasteiger charge is -2.30. The number of halogens is 3. The van der Waals surface area contributed by atoms with Crippen LogP contribution in [0.3, 0.4) is 0 Å². The summed E-state index contributed by atoms with van der Waals surface area (Å²) in [6, 6.07) is 15.0. The number of hydrogen-bond donors (Lipinski definition) is 2. The Morgan fingerprint density at radius 3 is 2.40 bits per heavy atom. The Morgan fingerprint density at radius 1 is 1.07 bits per heavy atom. The second-order valence-corrected chi connectivity index (χ2v) is 10.2. The highest BCUT2D eigenvalue weighted by Gasteiger charge is 2.36. The van der Waals surface area contributed by atoms with Crippen molar-refractivity contribution < 1.29 is 32.3 Å². The van der Waals surface area contributed by atoms with Gasteiger partial charge < -0.3 is 14.3 Å². The number of benzene rings is 2. The molecule has 0 radical (unpaired) electrons. The molecule has 2 N–H and O–H groups in total. The van der Waals surface area contributed by atoms with Crippen LogP contribution in [0.1, 0.15) is 38.4 Å². The maximum absolute atomic E-state index is 13.6. The number of aromatic nitrogens is 4. The number of carboxylic acid groups (broad SMARTS) is 1. The standard InChI is InChI=1S/C27H27F3N6O4/c1-26(2,3)14-20(16-37)36(25(38)39)31-15-17-8-7-11-19(12-17)35-21(13-22(34-35)27(28,29)30)24-33-32-23(40-24)18-9-5-4-6-10-18/h4-13,16,20,31H,14-15H2,1-3H3,(H,38,39). The highest BCUT2D eigenvalue weighted by atomic mass is 19.4. The van der Waals surface area contributed by atoms with Gasteiger partial charge in [0.25, 0.3) is 5.89 Å². The van der Waals surface area contributed by atoms with Crippen molar-refractivity contribution >= 4 is 12.4 Å². The third-order valence-electron chi connectivity index (χ3n) is 5.79. The zero-order valence-electron chi connectivity index (χ0n) is 21.9. The molecule has 2 aromatic heterocycles. The number of carbonyl (C=O) groups is 2. The van der Waals surface area contributed by atoms with E-state index in [1.165, 1.54) is 12.1 Å². The van der Waals surface area contributed by atoms with E-state index in [9.17, 15) is 27.9 Å². The lowest BCUT2D eigenvalue weighted by Crippen LogP contribution is -2.50. The van der Waals surface area contributed by atoms with Gasteiger partial charge in [-0.3, -0.25) is 0 Å². The molecule has 2 aromatic carbocycles. The third-order valence-corrected chi connectivity index (χ3v) is 5.79. The second kappa shape index (κ2) is 11.3. The lowest BCUT2D eigenvalue weighted by atomic mass is 9.88. The summed E-state index contributed by atoms with van der Waals surface area (Å²) < 4.78 is 47.6. The van der Waals surface area contributed by atoms with E-state index in [0.29, 0.717) is 17.4 Å². The monoisotopic (exact) mass is 556 g/mol. The minimum atomic E-state index is -4.74. The van der Waals surface area contributed by atoms with Crippen LogP contribution in [0.15, 0.2) is 65.1 Å². The Balaban J connectivity index is 1.65. The Morgan fingerprint density at radius 2 is 1.77 bits per heavy atom. The van der Waals surface area contributed by atoms with Crippen LogP contribution in [0.25, 0.3) is 28.7 Å². The van der Waals surface area contributed by atoms with Crippen molar-refractivity contribution in [2.24, 2.45) is 5.41 Å². The maximum atomic E-state index is 13.6. The summed E-state index contributed by atoms with van der Waals surface area (Å²) in [5, 5.41) is 22.2. The van der Waals surface area contributed by atoms with Gasteiger partial charge in [0, 0.05) is 18.2 Å². The summed E-state index contributed by atoms with van der Waals surface area (Å²) in [4.78, 5) is 23.5. The Hall–Kier alpha value is -4.52. The van der Waals surface area contributed by atoms with Gasteiger partial charge in [-0.2, -0.15) is 18.3 Å². The molecule has 0 saturated carbocycles. The van der Waals surface area contributed by atoms with Crippen LogP contribution < -0.4 is 5.43 Å². The number of aldehydes is 1. The molecule has 40 heavy (non-hydrogen) atoms. The summed E-state index contributed by atoms with van der Waals surface area (Å²) in [6.45, 7) is 5.62. The molecule has 0 saturated heterocycles. The number of carbonyl (C=O) groups excluding carboxylic acids is 1. The number of rotatable bonds is 9. The van der Waals surface area contributed by atoms with E-state index in [1.54, 1.807) is 42.5 Å². The molecule has 1 amide bonds. The van der Waals surface area contributed by atoms with Crippen LogP contribution >= 0.6 is 0 Å². The average Bonchev–Trinajstić information content (AvgIpc) is 3.56. The van der Waals surface area contributed by atoms with Gasteiger partial charge >= 0.3 is 12.3 Å². The largest absolute Gasteiger partial charge is 0.464 e. The molecular weight excluding hydrogens is 529 g/mol. The Labute approximate surface area is 227 Å². The van der Waals surface area contributed by atoms with Gasteiger partial charge in [0.05, 0.1) is 5.69 Å². The molecule has 2 heterocycles. The second-order valence-electron chi connectivity index (χ2n) is 10.2. The fourth-order valence-corrected chi connectivity index (χ4v) is 4.02. The fourth-order valence-electron chi connectivity index (χ4n) is 4.02. The predicted molar refractivity (Wildman–Crippen MR) is 138 cm³/mol. The molecule has 0 spiro atoms. The van der Waals surface area contributed by atoms with Gasteiger partial charge in [0.15, 0.2) is 5.69 Å². The first-order valence-electron chi connectivity index (χ1n) is 12.2. The van der Waals surface area contributed by atoms with Gasteiger partial charge in [-0.1, -0.05) is 51.1 Å². The molecule has 0 aliphatic carbocycles. The van der Waals surface area contributed by atoms with E-state index in [-0.39, 0.29) is 41.5 Å². The normalized spacial score (nSPS) is 12.8. The molecule has 4 rings (SSSR count). The highest BCUT2D eigenvalue weighted by molar-refractivity contribution is 5.71. The average molecular weight is 557 g/mol. The molecule has 1 atom stereocenters. The van der Waals surface area contributed by atoms with Gasteiger partial charge in [0.2, 0.25) is 5.89 Å². The summed E-state index contributed by atoms with van der Waals surface area (Å²) >= 11 is 0. The molecule has 4 aromatic rings. The molecule has 0 aliphatic rings. The molecule has 0 aliphatic heterocycles.